The van der Waals surface area contributed by atoms with Gasteiger partial charge in [0, 0.05) is 6.04 Å². The Morgan fingerprint density at radius 3 is 3.11 bits per heavy atom. The highest BCUT2D eigenvalue weighted by molar-refractivity contribution is 7.07. The number of likely N-dealkylation sites (N-methyl/N-ethyl adjacent to an activating group) is 1. The van der Waals surface area contributed by atoms with E-state index in [0.29, 0.717) is 13.2 Å². The zero-order valence-electron chi connectivity index (χ0n) is 10.8. The predicted octanol–water partition coefficient (Wildman–Crippen LogP) is 1.55. The molecule has 3 atom stereocenters. The Morgan fingerprint density at radius 2 is 2.44 bits per heavy atom. The van der Waals surface area contributed by atoms with E-state index in [1.807, 2.05) is 25.3 Å². The quantitative estimate of drug-likeness (QED) is 0.852. The molecule has 1 aliphatic heterocycles. The van der Waals surface area contributed by atoms with Gasteiger partial charge in [-0.2, -0.15) is 11.3 Å². The molecular weight excluding hydrogens is 248 g/mol. The lowest BCUT2D eigenvalue weighted by Crippen LogP contribution is -2.44. The second kappa shape index (κ2) is 6.31. The van der Waals surface area contributed by atoms with Crippen molar-refractivity contribution in [1.29, 1.82) is 0 Å². The minimum atomic E-state index is -0.0777. The Morgan fingerprint density at radius 1 is 1.61 bits per heavy atom. The van der Waals surface area contributed by atoms with Gasteiger partial charge >= 0.3 is 0 Å². The number of amides is 1. The van der Waals surface area contributed by atoms with E-state index in [9.17, 15) is 4.79 Å². The maximum Gasteiger partial charge on any atom is 0.227 e. The fourth-order valence-corrected chi connectivity index (χ4v) is 2.96. The molecule has 1 fully saturated rings. The van der Waals surface area contributed by atoms with Crippen molar-refractivity contribution in [3.63, 3.8) is 0 Å². The Balaban J connectivity index is 1.91. The highest BCUT2D eigenvalue weighted by Gasteiger charge is 2.33. The molecule has 1 aromatic heterocycles. The summed E-state index contributed by atoms with van der Waals surface area (Å²) in [6, 6.07) is 2.25. The minimum absolute atomic E-state index is 0.0617. The van der Waals surface area contributed by atoms with E-state index in [1.54, 1.807) is 11.3 Å². The molecule has 1 amide bonds. The first-order valence-corrected chi connectivity index (χ1v) is 7.30. The Kier molecular flexibility index (Phi) is 4.74. The van der Waals surface area contributed by atoms with Gasteiger partial charge < -0.3 is 15.4 Å². The average molecular weight is 268 g/mol. The molecule has 0 aromatic carbocycles. The van der Waals surface area contributed by atoms with E-state index in [2.05, 4.69) is 16.0 Å². The van der Waals surface area contributed by atoms with Crippen molar-refractivity contribution in [1.82, 2.24) is 10.6 Å². The SMILES string of the molecule is CCNC1COCC1C(=O)NC(C)c1ccsc1. The highest BCUT2D eigenvalue weighted by Crippen LogP contribution is 2.19. The average Bonchev–Trinajstić information content (AvgIpc) is 3.00. The molecule has 100 valence electrons. The second-order valence-corrected chi connectivity index (χ2v) is 5.38. The zero-order chi connectivity index (χ0) is 13.0. The molecule has 0 spiro atoms. The lowest BCUT2D eigenvalue weighted by Gasteiger charge is -2.20. The van der Waals surface area contributed by atoms with Crippen molar-refractivity contribution < 1.29 is 9.53 Å². The van der Waals surface area contributed by atoms with Crippen LogP contribution in [-0.2, 0) is 9.53 Å². The fraction of sp³-hybridized carbons (Fsp3) is 0.615. The van der Waals surface area contributed by atoms with E-state index in [-0.39, 0.29) is 23.9 Å². The van der Waals surface area contributed by atoms with Crippen LogP contribution in [0.3, 0.4) is 0 Å². The number of thiophene rings is 1. The topological polar surface area (TPSA) is 50.4 Å². The molecule has 4 nitrogen and oxygen atoms in total. The molecule has 1 aliphatic rings. The summed E-state index contributed by atoms with van der Waals surface area (Å²) < 4.78 is 5.39. The molecular formula is C13H20N2O2S. The summed E-state index contributed by atoms with van der Waals surface area (Å²) in [6.45, 7) is 6.05. The van der Waals surface area contributed by atoms with E-state index in [4.69, 9.17) is 4.74 Å². The van der Waals surface area contributed by atoms with Crippen molar-refractivity contribution in [3.8, 4) is 0 Å². The standard InChI is InChI=1S/C13H20N2O2S/c1-3-14-12-7-17-6-11(12)13(16)15-9(2)10-4-5-18-8-10/h4-5,8-9,11-12,14H,3,6-7H2,1-2H3,(H,15,16). The van der Waals surface area contributed by atoms with Gasteiger partial charge in [0.25, 0.3) is 0 Å². The van der Waals surface area contributed by atoms with Crippen LogP contribution in [0.25, 0.3) is 0 Å². The van der Waals surface area contributed by atoms with Crippen LogP contribution < -0.4 is 10.6 Å². The number of rotatable bonds is 5. The molecule has 18 heavy (non-hydrogen) atoms. The van der Waals surface area contributed by atoms with E-state index in [1.165, 1.54) is 0 Å². The summed E-state index contributed by atoms with van der Waals surface area (Å²) in [4.78, 5) is 12.2. The monoisotopic (exact) mass is 268 g/mol. The predicted molar refractivity (Wildman–Crippen MR) is 72.7 cm³/mol. The molecule has 5 heteroatoms. The Hall–Kier alpha value is -0.910. The number of ether oxygens (including phenoxy) is 1. The third-order valence-corrected chi connectivity index (χ3v) is 3.99. The van der Waals surface area contributed by atoms with Gasteiger partial charge in [0.15, 0.2) is 0 Å². The fourth-order valence-electron chi connectivity index (χ4n) is 2.20. The highest BCUT2D eigenvalue weighted by atomic mass is 32.1. The third kappa shape index (κ3) is 3.10. The normalized spacial score (nSPS) is 25.0. The summed E-state index contributed by atoms with van der Waals surface area (Å²) in [5.74, 6) is 0.00295. The maximum atomic E-state index is 12.2. The van der Waals surface area contributed by atoms with Crippen LogP contribution in [0.5, 0.6) is 0 Å². The smallest absolute Gasteiger partial charge is 0.227 e. The minimum Gasteiger partial charge on any atom is -0.379 e. The van der Waals surface area contributed by atoms with Crippen LogP contribution in [0.15, 0.2) is 16.8 Å². The number of carbonyl (C=O) groups excluding carboxylic acids is 1. The molecule has 0 bridgehead atoms. The first-order valence-electron chi connectivity index (χ1n) is 6.36. The van der Waals surface area contributed by atoms with Crippen molar-refractivity contribution in [3.05, 3.63) is 22.4 Å². The van der Waals surface area contributed by atoms with Crippen LogP contribution in [0.2, 0.25) is 0 Å². The van der Waals surface area contributed by atoms with Gasteiger partial charge in [-0.1, -0.05) is 6.92 Å². The van der Waals surface area contributed by atoms with Crippen LogP contribution in [0.1, 0.15) is 25.5 Å². The first kappa shape index (κ1) is 13.5. The van der Waals surface area contributed by atoms with Gasteiger partial charge in [-0.15, -0.1) is 0 Å². The Bertz CT molecular complexity index is 380. The van der Waals surface area contributed by atoms with Crippen molar-refractivity contribution in [2.75, 3.05) is 19.8 Å². The van der Waals surface area contributed by atoms with Crippen molar-refractivity contribution in [2.24, 2.45) is 5.92 Å². The molecule has 0 saturated carbocycles. The zero-order valence-corrected chi connectivity index (χ0v) is 11.6. The lowest BCUT2D eigenvalue weighted by atomic mass is 10.0. The summed E-state index contributed by atoms with van der Waals surface area (Å²) in [5, 5.41) is 10.5. The molecule has 1 aromatic rings. The molecule has 0 radical (unpaired) electrons. The summed E-state index contributed by atoms with van der Waals surface area (Å²) in [7, 11) is 0. The molecule has 3 unspecified atom stereocenters. The van der Waals surface area contributed by atoms with E-state index >= 15 is 0 Å². The van der Waals surface area contributed by atoms with E-state index in [0.717, 1.165) is 12.1 Å². The van der Waals surface area contributed by atoms with Gasteiger partial charge in [-0.25, -0.2) is 0 Å². The number of nitrogens with one attached hydrogen (secondary N) is 2. The van der Waals surface area contributed by atoms with E-state index < -0.39 is 0 Å². The van der Waals surface area contributed by atoms with Gasteiger partial charge in [0.05, 0.1) is 25.2 Å². The van der Waals surface area contributed by atoms with Gasteiger partial charge in [-0.3, -0.25) is 4.79 Å². The van der Waals surface area contributed by atoms with Crippen LogP contribution in [0, 0.1) is 5.92 Å². The molecule has 1 saturated heterocycles. The summed E-state index contributed by atoms with van der Waals surface area (Å²) in [5.41, 5.74) is 1.16. The first-order chi connectivity index (χ1) is 8.72. The van der Waals surface area contributed by atoms with Crippen LogP contribution in [-0.4, -0.2) is 31.7 Å². The lowest BCUT2D eigenvalue weighted by molar-refractivity contribution is -0.126. The number of hydrogen-bond acceptors (Lipinski definition) is 4. The van der Waals surface area contributed by atoms with Gasteiger partial charge in [0.2, 0.25) is 5.91 Å². The molecule has 2 heterocycles. The molecule has 2 N–H and O–H groups in total. The number of carbonyl (C=O) groups is 1. The summed E-state index contributed by atoms with van der Waals surface area (Å²) >= 11 is 1.65. The number of hydrogen-bond donors (Lipinski definition) is 2. The largest absolute Gasteiger partial charge is 0.379 e. The van der Waals surface area contributed by atoms with Crippen molar-refractivity contribution in [2.45, 2.75) is 25.9 Å². The Labute approximate surface area is 112 Å². The van der Waals surface area contributed by atoms with Crippen LogP contribution >= 0.6 is 11.3 Å². The van der Waals surface area contributed by atoms with Gasteiger partial charge in [-0.05, 0) is 35.9 Å². The maximum absolute atomic E-state index is 12.2. The van der Waals surface area contributed by atoms with Crippen LogP contribution in [0.4, 0.5) is 0 Å². The summed E-state index contributed by atoms with van der Waals surface area (Å²) in [6.07, 6.45) is 0. The second-order valence-electron chi connectivity index (χ2n) is 4.60. The van der Waals surface area contributed by atoms with Gasteiger partial charge in [0.1, 0.15) is 0 Å². The molecule has 2 rings (SSSR count). The molecule has 0 aliphatic carbocycles. The van der Waals surface area contributed by atoms with Crippen molar-refractivity contribution >= 4 is 17.2 Å². The third-order valence-electron chi connectivity index (χ3n) is 3.29.